The van der Waals surface area contributed by atoms with E-state index in [-0.39, 0.29) is 24.5 Å². The van der Waals surface area contributed by atoms with Gasteiger partial charge in [0.15, 0.2) is 0 Å². The Labute approximate surface area is 180 Å². The molecule has 2 aromatic heterocycles. The van der Waals surface area contributed by atoms with Gasteiger partial charge in [0.2, 0.25) is 11.8 Å². The van der Waals surface area contributed by atoms with Crippen LogP contribution in [-0.4, -0.2) is 80.1 Å². The van der Waals surface area contributed by atoms with Gasteiger partial charge in [0.25, 0.3) is 0 Å². The Morgan fingerprint density at radius 1 is 1.13 bits per heavy atom. The van der Waals surface area contributed by atoms with Gasteiger partial charge in [-0.2, -0.15) is 10.2 Å². The maximum absolute atomic E-state index is 12.9. The molecule has 31 heavy (non-hydrogen) atoms. The van der Waals surface area contributed by atoms with Gasteiger partial charge < -0.3 is 19.9 Å². The number of carbonyl (C=O) groups is 3. The number of ether oxygens (including phenoxy) is 1. The third-order valence-corrected chi connectivity index (χ3v) is 5.14. The fraction of sp³-hybridized carbons (Fsp3) is 0.550. The fourth-order valence-corrected chi connectivity index (χ4v) is 3.39. The molecule has 1 N–H and O–H groups in total. The molecule has 0 spiro atoms. The van der Waals surface area contributed by atoms with Gasteiger partial charge in [-0.25, -0.2) is 4.79 Å². The zero-order valence-electron chi connectivity index (χ0n) is 18.4. The lowest BCUT2D eigenvalue weighted by molar-refractivity contribution is -0.136. The van der Waals surface area contributed by atoms with Crippen LogP contribution in [-0.2, 0) is 20.9 Å². The van der Waals surface area contributed by atoms with E-state index < -0.39 is 6.04 Å². The highest BCUT2D eigenvalue weighted by Gasteiger charge is 2.29. The zero-order chi connectivity index (χ0) is 22.5. The number of aryl methyl sites for hydroxylation is 2. The number of aromatic nitrogens is 4. The highest BCUT2D eigenvalue weighted by molar-refractivity contribution is 5.91. The van der Waals surface area contributed by atoms with Crippen LogP contribution < -0.4 is 5.32 Å². The third kappa shape index (κ3) is 5.41. The van der Waals surface area contributed by atoms with Gasteiger partial charge in [0.1, 0.15) is 12.6 Å². The Kier molecular flexibility index (Phi) is 6.93. The van der Waals surface area contributed by atoms with Gasteiger partial charge >= 0.3 is 6.09 Å². The number of hydrogen-bond acceptors (Lipinski definition) is 6. The Bertz CT molecular complexity index is 943. The summed E-state index contributed by atoms with van der Waals surface area (Å²) in [5.41, 5.74) is 2.02. The first kappa shape index (κ1) is 22.3. The topological polar surface area (TPSA) is 115 Å². The monoisotopic (exact) mass is 431 g/mol. The molecular weight excluding hydrogens is 402 g/mol. The second-order valence-electron chi connectivity index (χ2n) is 7.50. The Morgan fingerprint density at radius 3 is 2.42 bits per heavy atom. The highest BCUT2D eigenvalue weighted by Crippen LogP contribution is 2.19. The van der Waals surface area contributed by atoms with Crippen molar-refractivity contribution in [1.82, 2.24) is 29.4 Å². The van der Waals surface area contributed by atoms with Gasteiger partial charge in [-0.05, 0) is 33.8 Å². The molecule has 3 heterocycles. The van der Waals surface area contributed by atoms with E-state index in [0.717, 1.165) is 5.69 Å². The Balaban J connectivity index is 1.57. The molecule has 0 radical (unpaired) electrons. The molecule has 1 unspecified atom stereocenters. The van der Waals surface area contributed by atoms with Gasteiger partial charge in [0, 0.05) is 38.6 Å². The molecule has 1 fully saturated rings. The van der Waals surface area contributed by atoms with Crippen molar-refractivity contribution in [3.8, 4) is 0 Å². The van der Waals surface area contributed by atoms with Crippen LogP contribution >= 0.6 is 0 Å². The second kappa shape index (κ2) is 9.63. The molecule has 1 atom stereocenters. The summed E-state index contributed by atoms with van der Waals surface area (Å²) >= 11 is 0. The molecule has 1 aliphatic heterocycles. The summed E-state index contributed by atoms with van der Waals surface area (Å²) in [7, 11) is 0. The van der Waals surface area contributed by atoms with Crippen molar-refractivity contribution in [1.29, 1.82) is 0 Å². The predicted molar refractivity (Wildman–Crippen MR) is 112 cm³/mol. The summed E-state index contributed by atoms with van der Waals surface area (Å²) in [6, 6.07) is 1.29. The molecule has 11 nitrogen and oxygen atoms in total. The van der Waals surface area contributed by atoms with Crippen molar-refractivity contribution >= 4 is 23.6 Å². The first-order valence-electron chi connectivity index (χ1n) is 10.3. The number of anilines is 1. The summed E-state index contributed by atoms with van der Waals surface area (Å²) < 4.78 is 8.13. The van der Waals surface area contributed by atoms with E-state index in [1.54, 1.807) is 52.3 Å². The molecule has 1 saturated heterocycles. The molecule has 0 aromatic carbocycles. The van der Waals surface area contributed by atoms with Crippen molar-refractivity contribution in [3.05, 3.63) is 29.8 Å². The summed E-state index contributed by atoms with van der Waals surface area (Å²) in [5.74, 6) is -0.310. The molecular formula is C20H29N7O4. The normalized spacial score (nSPS) is 15.0. The maximum Gasteiger partial charge on any atom is 0.409 e. The smallest absolute Gasteiger partial charge is 0.409 e. The van der Waals surface area contributed by atoms with Crippen LogP contribution in [0.2, 0.25) is 0 Å². The average molecular weight is 431 g/mol. The largest absolute Gasteiger partial charge is 0.450 e. The van der Waals surface area contributed by atoms with Gasteiger partial charge in [-0.1, -0.05) is 0 Å². The second-order valence-corrected chi connectivity index (χ2v) is 7.50. The SMILES string of the molecule is CCOC(=O)N1CCN(C(=O)C(C)n2cc(NC(=O)Cn3ccc(C)n3)c(C)n2)CC1. The van der Waals surface area contributed by atoms with E-state index in [1.165, 1.54) is 0 Å². The number of piperazine rings is 1. The van der Waals surface area contributed by atoms with Crippen LogP contribution in [0.15, 0.2) is 18.5 Å². The van der Waals surface area contributed by atoms with Crippen LogP contribution in [0.1, 0.15) is 31.3 Å². The minimum absolute atomic E-state index is 0.0871. The van der Waals surface area contributed by atoms with Crippen molar-refractivity contribution in [2.45, 2.75) is 40.3 Å². The number of rotatable bonds is 6. The number of hydrogen-bond donors (Lipinski definition) is 1. The van der Waals surface area contributed by atoms with Gasteiger partial charge in [0.05, 0.1) is 23.7 Å². The summed E-state index contributed by atoms with van der Waals surface area (Å²) in [6.45, 7) is 9.34. The molecule has 0 bridgehead atoms. The number of nitrogens with one attached hydrogen (secondary N) is 1. The molecule has 0 saturated carbocycles. The summed E-state index contributed by atoms with van der Waals surface area (Å²) in [6.07, 6.45) is 3.06. The molecule has 2 aromatic rings. The lowest BCUT2D eigenvalue weighted by atomic mass is 10.2. The molecule has 3 rings (SSSR count). The molecule has 3 amide bonds. The molecule has 1 aliphatic rings. The minimum atomic E-state index is -0.535. The lowest BCUT2D eigenvalue weighted by Crippen LogP contribution is -2.52. The van der Waals surface area contributed by atoms with Crippen molar-refractivity contribution < 1.29 is 19.1 Å². The summed E-state index contributed by atoms with van der Waals surface area (Å²) in [4.78, 5) is 40.4. The van der Waals surface area contributed by atoms with Crippen LogP contribution in [0.4, 0.5) is 10.5 Å². The Hall–Kier alpha value is -3.37. The number of nitrogens with zero attached hydrogens (tertiary/aromatic N) is 6. The van der Waals surface area contributed by atoms with Crippen LogP contribution in [0.25, 0.3) is 0 Å². The van der Waals surface area contributed by atoms with E-state index in [4.69, 9.17) is 4.74 Å². The van der Waals surface area contributed by atoms with Crippen molar-refractivity contribution in [2.24, 2.45) is 0 Å². The fourth-order valence-electron chi connectivity index (χ4n) is 3.39. The minimum Gasteiger partial charge on any atom is -0.450 e. The van der Waals surface area contributed by atoms with Crippen LogP contribution in [0.3, 0.4) is 0 Å². The van der Waals surface area contributed by atoms with Gasteiger partial charge in [-0.15, -0.1) is 0 Å². The Morgan fingerprint density at radius 2 is 1.81 bits per heavy atom. The highest BCUT2D eigenvalue weighted by atomic mass is 16.6. The van der Waals surface area contributed by atoms with Crippen LogP contribution in [0.5, 0.6) is 0 Å². The van der Waals surface area contributed by atoms with Crippen LogP contribution in [0, 0.1) is 13.8 Å². The quantitative estimate of drug-likeness (QED) is 0.735. The molecule has 0 aliphatic carbocycles. The maximum atomic E-state index is 12.9. The zero-order valence-corrected chi connectivity index (χ0v) is 18.4. The average Bonchev–Trinajstić information content (AvgIpc) is 3.32. The number of amides is 3. The predicted octanol–water partition coefficient (Wildman–Crippen LogP) is 1.20. The first-order chi connectivity index (χ1) is 14.8. The lowest BCUT2D eigenvalue weighted by Gasteiger charge is -2.35. The first-order valence-corrected chi connectivity index (χ1v) is 10.3. The number of carbonyl (C=O) groups excluding carboxylic acids is 3. The van der Waals surface area contributed by atoms with E-state index >= 15 is 0 Å². The summed E-state index contributed by atoms with van der Waals surface area (Å²) in [5, 5.41) is 11.4. The van der Waals surface area contributed by atoms with Crippen molar-refractivity contribution in [3.63, 3.8) is 0 Å². The molecule has 168 valence electrons. The van der Waals surface area contributed by atoms with E-state index in [9.17, 15) is 14.4 Å². The third-order valence-electron chi connectivity index (χ3n) is 5.14. The molecule has 11 heteroatoms. The van der Waals surface area contributed by atoms with E-state index in [1.807, 2.05) is 13.0 Å². The van der Waals surface area contributed by atoms with E-state index in [2.05, 4.69) is 15.5 Å². The standard InChI is InChI=1S/C20H29N7O4/c1-5-31-20(30)25-10-8-24(9-11-25)19(29)16(4)27-12-17(15(3)23-27)21-18(28)13-26-7-6-14(2)22-26/h6-7,12,16H,5,8-11,13H2,1-4H3,(H,21,28). The van der Waals surface area contributed by atoms with Crippen molar-refractivity contribution in [2.75, 3.05) is 38.1 Å². The van der Waals surface area contributed by atoms with Gasteiger partial charge in [-0.3, -0.25) is 19.0 Å². The van der Waals surface area contributed by atoms with E-state index in [0.29, 0.717) is 44.2 Å².